The number of hydrogen-bond donors (Lipinski definition) is 0. The van der Waals surface area contributed by atoms with E-state index in [4.69, 9.17) is 9.47 Å². The number of Topliss-reactive ketones (excluding diaryl/α,β-unsaturated/α-hetero) is 1. The number of fused-ring (bicyclic) bond motifs is 1. The zero-order valence-corrected chi connectivity index (χ0v) is 10.0. The molecule has 2 aromatic carbocycles. The minimum absolute atomic E-state index is 0.183. The third kappa shape index (κ3) is 2.35. The fourth-order valence-electron chi connectivity index (χ4n) is 1.93. The summed E-state index contributed by atoms with van der Waals surface area (Å²) in [6, 6.07) is 12.9. The number of para-hydroxylation sites is 1. The molecule has 0 amide bonds. The minimum atomic E-state index is -0.914. The number of carbonyl (C=O) groups is 1. The van der Waals surface area contributed by atoms with Crippen LogP contribution in [0.4, 0.5) is 4.39 Å². The first kappa shape index (κ1) is 11.9. The summed E-state index contributed by atoms with van der Waals surface area (Å²) < 4.78 is 23.6. The van der Waals surface area contributed by atoms with E-state index in [1.54, 1.807) is 36.4 Å². The molecule has 0 aromatic heterocycles. The lowest BCUT2D eigenvalue weighted by Gasteiger charge is -2.10. The first-order valence-corrected chi connectivity index (χ1v) is 5.90. The second kappa shape index (κ2) is 4.82. The van der Waals surface area contributed by atoms with Gasteiger partial charge in [-0.2, -0.15) is 0 Å². The van der Waals surface area contributed by atoms with E-state index in [2.05, 4.69) is 0 Å². The SMILES string of the molecule is O=C1c2ccccc2OC1OCc1ccc(F)cc1. The van der Waals surface area contributed by atoms with Crippen molar-refractivity contribution in [1.82, 2.24) is 0 Å². The summed E-state index contributed by atoms with van der Waals surface area (Å²) in [6.45, 7) is 0.199. The van der Waals surface area contributed by atoms with Crippen molar-refractivity contribution in [1.29, 1.82) is 0 Å². The van der Waals surface area contributed by atoms with Crippen LogP contribution >= 0.6 is 0 Å². The number of hydrogen-bond acceptors (Lipinski definition) is 3. The van der Waals surface area contributed by atoms with Crippen LogP contribution in [0, 0.1) is 5.82 Å². The van der Waals surface area contributed by atoms with Gasteiger partial charge in [-0.05, 0) is 29.8 Å². The number of ketones is 1. The smallest absolute Gasteiger partial charge is 0.265 e. The molecule has 2 aromatic rings. The highest BCUT2D eigenvalue weighted by molar-refractivity contribution is 6.03. The highest BCUT2D eigenvalue weighted by Gasteiger charge is 2.32. The van der Waals surface area contributed by atoms with E-state index in [0.717, 1.165) is 5.56 Å². The molecular formula is C15H11FO3. The van der Waals surface area contributed by atoms with Crippen LogP contribution in [0.5, 0.6) is 5.75 Å². The fraction of sp³-hybridized carbons (Fsp3) is 0.133. The maximum atomic E-state index is 12.7. The number of benzene rings is 2. The van der Waals surface area contributed by atoms with E-state index >= 15 is 0 Å². The molecule has 1 aliphatic rings. The van der Waals surface area contributed by atoms with Crippen molar-refractivity contribution in [3.63, 3.8) is 0 Å². The van der Waals surface area contributed by atoms with Crippen LogP contribution in [0.3, 0.4) is 0 Å². The molecule has 0 spiro atoms. The van der Waals surface area contributed by atoms with Crippen molar-refractivity contribution >= 4 is 5.78 Å². The first-order valence-electron chi connectivity index (χ1n) is 5.90. The van der Waals surface area contributed by atoms with Crippen LogP contribution in [0.25, 0.3) is 0 Å². The molecule has 3 rings (SSSR count). The molecule has 1 unspecified atom stereocenters. The molecule has 0 fully saturated rings. The summed E-state index contributed by atoms with van der Waals surface area (Å²) in [5.41, 5.74) is 1.32. The van der Waals surface area contributed by atoms with Crippen molar-refractivity contribution < 1.29 is 18.7 Å². The van der Waals surface area contributed by atoms with E-state index in [0.29, 0.717) is 11.3 Å². The Hall–Kier alpha value is -2.20. The largest absolute Gasteiger partial charge is 0.456 e. The van der Waals surface area contributed by atoms with Gasteiger partial charge in [0, 0.05) is 0 Å². The molecule has 0 saturated carbocycles. The molecule has 1 heterocycles. The molecular weight excluding hydrogens is 247 g/mol. The molecule has 96 valence electrons. The lowest BCUT2D eigenvalue weighted by molar-refractivity contribution is -0.0555. The highest BCUT2D eigenvalue weighted by Crippen LogP contribution is 2.29. The number of ether oxygens (including phenoxy) is 2. The van der Waals surface area contributed by atoms with Crippen molar-refractivity contribution in [3.8, 4) is 5.75 Å². The predicted octanol–water partition coefficient (Wildman–Crippen LogP) is 2.94. The molecule has 3 nitrogen and oxygen atoms in total. The summed E-state index contributed by atoms with van der Waals surface area (Å²) in [5, 5.41) is 0. The Kier molecular flexibility index (Phi) is 3.01. The average Bonchev–Trinajstić information content (AvgIpc) is 2.76. The van der Waals surface area contributed by atoms with Crippen LogP contribution in [0.2, 0.25) is 0 Å². The topological polar surface area (TPSA) is 35.5 Å². The third-order valence-corrected chi connectivity index (χ3v) is 2.92. The van der Waals surface area contributed by atoms with Crippen molar-refractivity contribution in [2.75, 3.05) is 0 Å². The van der Waals surface area contributed by atoms with E-state index in [-0.39, 0.29) is 18.2 Å². The summed E-state index contributed by atoms with van der Waals surface area (Å²) in [4.78, 5) is 12.0. The summed E-state index contributed by atoms with van der Waals surface area (Å²) in [7, 11) is 0. The molecule has 1 atom stereocenters. The van der Waals surface area contributed by atoms with E-state index < -0.39 is 6.29 Å². The van der Waals surface area contributed by atoms with Gasteiger partial charge in [0.15, 0.2) is 0 Å². The third-order valence-electron chi connectivity index (χ3n) is 2.92. The van der Waals surface area contributed by atoms with Crippen LogP contribution in [-0.4, -0.2) is 12.1 Å². The quantitative estimate of drug-likeness (QED) is 0.849. The van der Waals surface area contributed by atoms with Crippen LogP contribution in [-0.2, 0) is 11.3 Å². The Morgan fingerprint density at radius 3 is 2.58 bits per heavy atom. The van der Waals surface area contributed by atoms with E-state index in [1.165, 1.54) is 12.1 Å². The molecule has 0 N–H and O–H groups in total. The van der Waals surface area contributed by atoms with Gasteiger partial charge in [0.1, 0.15) is 11.6 Å². The van der Waals surface area contributed by atoms with E-state index in [9.17, 15) is 9.18 Å². The first-order chi connectivity index (χ1) is 9.24. The van der Waals surface area contributed by atoms with Gasteiger partial charge in [0.05, 0.1) is 12.2 Å². The Bertz CT molecular complexity index is 607. The van der Waals surface area contributed by atoms with Gasteiger partial charge < -0.3 is 9.47 Å². The molecule has 4 heteroatoms. The minimum Gasteiger partial charge on any atom is -0.456 e. The van der Waals surface area contributed by atoms with Gasteiger partial charge in [-0.25, -0.2) is 4.39 Å². The Labute approximate surface area is 109 Å². The Morgan fingerprint density at radius 1 is 1.11 bits per heavy atom. The Morgan fingerprint density at radius 2 is 1.84 bits per heavy atom. The monoisotopic (exact) mass is 258 g/mol. The fourth-order valence-corrected chi connectivity index (χ4v) is 1.93. The maximum Gasteiger partial charge on any atom is 0.265 e. The van der Waals surface area contributed by atoms with Crippen molar-refractivity contribution in [2.45, 2.75) is 12.9 Å². The molecule has 0 aliphatic carbocycles. The van der Waals surface area contributed by atoms with Gasteiger partial charge in [-0.3, -0.25) is 4.79 Å². The average molecular weight is 258 g/mol. The second-order valence-corrected chi connectivity index (χ2v) is 4.25. The van der Waals surface area contributed by atoms with Crippen molar-refractivity contribution in [2.24, 2.45) is 0 Å². The lowest BCUT2D eigenvalue weighted by Crippen LogP contribution is -2.23. The van der Waals surface area contributed by atoms with Gasteiger partial charge in [0.25, 0.3) is 6.29 Å². The normalized spacial score (nSPS) is 17.1. The Balaban J connectivity index is 1.67. The molecule has 0 bridgehead atoms. The predicted molar refractivity (Wildman–Crippen MR) is 66.4 cm³/mol. The second-order valence-electron chi connectivity index (χ2n) is 4.25. The van der Waals surface area contributed by atoms with Gasteiger partial charge in [0.2, 0.25) is 5.78 Å². The maximum absolute atomic E-state index is 12.7. The molecule has 1 aliphatic heterocycles. The summed E-state index contributed by atoms with van der Waals surface area (Å²) >= 11 is 0. The standard InChI is InChI=1S/C15H11FO3/c16-11-7-5-10(6-8-11)9-18-15-14(17)12-3-1-2-4-13(12)19-15/h1-8,15H,9H2. The summed E-state index contributed by atoms with van der Waals surface area (Å²) in [6.07, 6.45) is -0.914. The molecule has 19 heavy (non-hydrogen) atoms. The van der Waals surface area contributed by atoms with Crippen LogP contribution in [0.1, 0.15) is 15.9 Å². The zero-order valence-electron chi connectivity index (χ0n) is 10.0. The van der Waals surface area contributed by atoms with Crippen LogP contribution < -0.4 is 4.74 Å². The number of rotatable bonds is 3. The lowest BCUT2D eigenvalue weighted by atomic mass is 10.1. The molecule has 0 saturated heterocycles. The van der Waals surface area contributed by atoms with Crippen LogP contribution in [0.15, 0.2) is 48.5 Å². The van der Waals surface area contributed by atoms with Gasteiger partial charge >= 0.3 is 0 Å². The van der Waals surface area contributed by atoms with Gasteiger partial charge in [-0.1, -0.05) is 24.3 Å². The van der Waals surface area contributed by atoms with Gasteiger partial charge in [-0.15, -0.1) is 0 Å². The number of halogens is 1. The highest BCUT2D eigenvalue weighted by atomic mass is 19.1. The van der Waals surface area contributed by atoms with E-state index in [1.807, 2.05) is 0 Å². The number of carbonyl (C=O) groups excluding carboxylic acids is 1. The zero-order chi connectivity index (χ0) is 13.2. The molecule has 0 radical (unpaired) electrons. The van der Waals surface area contributed by atoms with Crippen molar-refractivity contribution in [3.05, 3.63) is 65.5 Å². The summed E-state index contributed by atoms with van der Waals surface area (Å²) in [5.74, 6) is 0.0543.